The number of rotatable bonds is 3. The number of hydrogen-bond acceptors (Lipinski definition) is 2. The zero-order chi connectivity index (χ0) is 14.5. The summed E-state index contributed by atoms with van der Waals surface area (Å²) in [6.45, 7) is 0. The molecule has 1 aliphatic carbocycles. The molecular weight excluding hydrogens is 279 g/mol. The Bertz CT molecular complexity index is 535. The lowest BCUT2D eigenvalue weighted by atomic mass is 9.84. The van der Waals surface area contributed by atoms with Crippen molar-refractivity contribution < 1.29 is 9.18 Å². The van der Waals surface area contributed by atoms with E-state index in [-0.39, 0.29) is 16.5 Å². The van der Waals surface area contributed by atoms with Crippen molar-refractivity contribution in [2.24, 2.45) is 5.92 Å². The lowest BCUT2D eigenvalue weighted by molar-refractivity contribution is 0.0928. The molecule has 0 spiro atoms. The summed E-state index contributed by atoms with van der Waals surface area (Å²) in [5.74, 6) is -0.877. The van der Waals surface area contributed by atoms with Crippen LogP contribution in [0.15, 0.2) is 18.2 Å². The van der Waals surface area contributed by atoms with Gasteiger partial charge >= 0.3 is 0 Å². The molecule has 1 aliphatic rings. The van der Waals surface area contributed by atoms with Gasteiger partial charge in [-0.1, -0.05) is 30.9 Å². The molecule has 1 N–H and O–H groups in total. The fraction of sp³-hybridized carbons (Fsp3) is 0.467. The Labute approximate surface area is 122 Å². The SMILES string of the molecule is N#CC(NC(=O)c1ccc(Cl)c(F)c1)C1CCCCC1. The van der Waals surface area contributed by atoms with Gasteiger partial charge < -0.3 is 5.32 Å². The number of benzene rings is 1. The van der Waals surface area contributed by atoms with Gasteiger partial charge in [0.25, 0.3) is 5.91 Å². The minimum atomic E-state index is -0.634. The monoisotopic (exact) mass is 294 g/mol. The zero-order valence-corrected chi connectivity index (χ0v) is 11.8. The van der Waals surface area contributed by atoms with E-state index in [4.69, 9.17) is 11.6 Å². The Kier molecular flexibility index (Phi) is 4.97. The molecule has 1 atom stereocenters. The third-order valence-electron chi connectivity index (χ3n) is 3.73. The van der Waals surface area contributed by atoms with Crippen LogP contribution in [0.5, 0.6) is 0 Å². The Morgan fingerprint density at radius 3 is 2.70 bits per heavy atom. The summed E-state index contributed by atoms with van der Waals surface area (Å²) in [5, 5.41) is 11.9. The lowest BCUT2D eigenvalue weighted by Crippen LogP contribution is -2.40. The van der Waals surface area contributed by atoms with Gasteiger partial charge in [-0.15, -0.1) is 0 Å². The van der Waals surface area contributed by atoms with Crippen LogP contribution in [0.4, 0.5) is 4.39 Å². The van der Waals surface area contributed by atoms with Crippen molar-refractivity contribution in [3.8, 4) is 6.07 Å². The number of halogens is 2. The number of nitrogens with one attached hydrogen (secondary N) is 1. The molecular formula is C15H16ClFN2O. The first-order chi connectivity index (χ1) is 9.61. The van der Waals surface area contributed by atoms with Gasteiger partial charge in [0.15, 0.2) is 0 Å². The number of amides is 1. The Morgan fingerprint density at radius 1 is 1.40 bits per heavy atom. The molecule has 0 heterocycles. The highest BCUT2D eigenvalue weighted by Gasteiger charge is 2.25. The van der Waals surface area contributed by atoms with Crippen LogP contribution in [0.3, 0.4) is 0 Å². The molecule has 0 saturated heterocycles. The molecule has 0 radical (unpaired) electrons. The molecule has 0 aliphatic heterocycles. The molecule has 0 aromatic heterocycles. The average molecular weight is 295 g/mol. The second-order valence-electron chi connectivity index (χ2n) is 5.11. The molecule has 20 heavy (non-hydrogen) atoms. The highest BCUT2D eigenvalue weighted by molar-refractivity contribution is 6.30. The first-order valence-electron chi connectivity index (χ1n) is 6.77. The summed E-state index contributed by atoms with van der Waals surface area (Å²) in [5.41, 5.74) is 0.183. The van der Waals surface area contributed by atoms with Gasteiger partial charge in [-0.2, -0.15) is 5.26 Å². The van der Waals surface area contributed by atoms with E-state index in [0.29, 0.717) is 0 Å². The summed E-state index contributed by atoms with van der Waals surface area (Å²) in [6, 6.07) is 5.52. The van der Waals surface area contributed by atoms with E-state index in [2.05, 4.69) is 11.4 Å². The zero-order valence-electron chi connectivity index (χ0n) is 11.0. The summed E-state index contributed by atoms with van der Waals surface area (Å²) in [6.07, 6.45) is 5.27. The predicted octanol–water partition coefficient (Wildman–Crippen LogP) is 3.68. The van der Waals surface area contributed by atoms with Gasteiger partial charge in [0, 0.05) is 5.56 Å². The summed E-state index contributed by atoms with van der Waals surface area (Å²) in [4.78, 5) is 12.0. The van der Waals surface area contributed by atoms with Gasteiger partial charge in [0.2, 0.25) is 0 Å². The number of nitrogens with zero attached hydrogens (tertiary/aromatic N) is 1. The first-order valence-corrected chi connectivity index (χ1v) is 7.15. The van der Waals surface area contributed by atoms with Crippen LogP contribution in [-0.2, 0) is 0 Å². The molecule has 106 valence electrons. The summed E-state index contributed by atoms with van der Waals surface area (Å²) < 4.78 is 13.3. The van der Waals surface area contributed by atoms with Crippen molar-refractivity contribution >= 4 is 17.5 Å². The van der Waals surface area contributed by atoms with Crippen LogP contribution in [0.1, 0.15) is 42.5 Å². The fourth-order valence-electron chi connectivity index (χ4n) is 2.58. The molecule has 1 amide bonds. The quantitative estimate of drug-likeness (QED) is 0.924. The summed E-state index contributed by atoms with van der Waals surface area (Å²) in [7, 11) is 0. The maximum atomic E-state index is 13.3. The van der Waals surface area contributed by atoms with Crippen molar-refractivity contribution in [3.63, 3.8) is 0 Å². The van der Waals surface area contributed by atoms with Gasteiger partial charge in [0.1, 0.15) is 11.9 Å². The largest absolute Gasteiger partial charge is 0.336 e. The van der Waals surface area contributed by atoms with Crippen LogP contribution in [0.2, 0.25) is 5.02 Å². The molecule has 1 aromatic carbocycles. The van der Waals surface area contributed by atoms with Crippen LogP contribution >= 0.6 is 11.6 Å². The third-order valence-corrected chi connectivity index (χ3v) is 4.04. The number of carbonyl (C=O) groups excluding carboxylic acids is 1. The van der Waals surface area contributed by atoms with Gasteiger partial charge in [-0.25, -0.2) is 4.39 Å². The molecule has 0 bridgehead atoms. The molecule has 1 fully saturated rings. The van der Waals surface area contributed by atoms with Gasteiger partial charge in [-0.05, 0) is 37.0 Å². The highest BCUT2D eigenvalue weighted by atomic mass is 35.5. The van der Waals surface area contributed by atoms with E-state index >= 15 is 0 Å². The van der Waals surface area contributed by atoms with Gasteiger partial charge in [-0.3, -0.25) is 4.79 Å². The Morgan fingerprint density at radius 2 is 2.10 bits per heavy atom. The summed E-state index contributed by atoms with van der Waals surface area (Å²) >= 11 is 5.58. The van der Waals surface area contributed by atoms with Crippen molar-refractivity contribution in [1.29, 1.82) is 5.26 Å². The van der Waals surface area contributed by atoms with Crippen molar-refractivity contribution in [3.05, 3.63) is 34.6 Å². The molecule has 1 aromatic rings. The number of carbonyl (C=O) groups is 1. The van der Waals surface area contributed by atoms with E-state index in [9.17, 15) is 14.4 Å². The minimum absolute atomic E-state index is 0.0225. The smallest absolute Gasteiger partial charge is 0.252 e. The maximum Gasteiger partial charge on any atom is 0.252 e. The first kappa shape index (κ1) is 14.8. The van der Waals surface area contributed by atoms with E-state index in [0.717, 1.165) is 31.7 Å². The fourth-order valence-corrected chi connectivity index (χ4v) is 2.70. The second-order valence-corrected chi connectivity index (χ2v) is 5.51. The third kappa shape index (κ3) is 3.49. The van der Waals surface area contributed by atoms with Crippen molar-refractivity contribution in [1.82, 2.24) is 5.32 Å². The van der Waals surface area contributed by atoms with Crippen molar-refractivity contribution in [2.75, 3.05) is 0 Å². The normalized spacial score (nSPS) is 17.2. The highest BCUT2D eigenvalue weighted by Crippen LogP contribution is 2.26. The van der Waals surface area contributed by atoms with E-state index in [1.807, 2.05) is 0 Å². The maximum absolute atomic E-state index is 13.3. The average Bonchev–Trinajstić information content (AvgIpc) is 2.48. The lowest BCUT2D eigenvalue weighted by Gasteiger charge is -2.26. The minimum Gasteiger partial charge on any atom is -0.336 e. The van der Waals surface area contributed by atoms with Crippen LogP contribution in [0.25, 0.3) is 0 Å². The van der Waals surface area contributed by atoms with Gasteiger partial charge in [0.05, 0.1) is 11.1 Å². The molecule has 5 heteroatoms. The van der Waals surface area contributed by atoms with E-state index in [1.54, 1.807) is 0 Å². The van der Waals surface area contributed by atoms with Crippen LogP contribution in [0, 0.1) is 23.1 Å². The standard InChI is InChI=1S/C15H16ClFN2O/c16-12-7-6-11(8-13(12)17)15(20)19-14(9-18)10-4-2-1-3-5-10/h6-8,10,14H,1-5H2,(H,19,20). The predicted molar refractivity (Wildman–Crippen MR) is 74.9 cm³/mol. The van der Waals surface area contributed by atoms with Crippen LogP contribution in [-0.4, -0.2) is 11.9 Å². The topological polar surface area (TPSA) is 52.9 Å². The molecule has 1 unspecified atom stereocenters. The van der Waals surface area contributed by atoms with E-state index < -0.39 is 17.8 Å². The number of hydrogen-bond donors (Lipinski definition) is 1. The molecule has 2 rings (SSSR count). The number of nitriles is 1. The second kappa shape index (κ2) is 6.71. The Balaban J connectivity index is 2.05. The molecule has 1 saturated carbocycles. The van der Waals surface area contributed by atoms with Crippen molar-refractivity contribution in [2.45, 2.75) is 38.1 Å². The Hall–Kier alpha value is -1.60. The molecule has 3 nitrogen and oxygen atoms in total. The van der Waals surface area contributed by atoms with Crippen LogP contribution < -0.4 is 5.32 Å². The van der Waals surface area contributed by atoms with E-state index in [1.165, 1.54) is 18.6 Å².